The molecule has 0 amide bonds. The smallest absolute Gasteiger partial charge is 0.0920 e. The fourth-order valence-electron chi connectivity index (χ4n) is 6.39. The zero-order chi connectivity index (χ0) is 27.5. The van der Waals surface area contributed by atoms with E-state index in [9.17, 15) is 0 Å². The summed E-state index contributed by atoms with van der Waals surface area (Å²) in [5.74, 6) is 0. The van der Waals surface area contributed by atoms with Crippen LogP contribution in [0.1, 0.15) is 99.4 Å². The number of H-pyrrole nitrogens is 2. The first-order chi connectivity index (χ1) is 18.2. The summed E-state index contributed by atoms with van der Waals surface area (Å²) in [6.45, 7) is 17.3. The van der Waals surface area contributed by atoms with E-state index >= 15 is 0 Å². The van der Waals surface area contributed by atoms with Gasteiger partial charge in [-0.15, -0.1) is 0 Å². The Bertz CT molecular complexity index is 1580. The zero-order valence-corrected chi connectivity index (χ0v) is 24.0. The molecule has 2 aliphatic heterocycles. The van der Waals surface area contributed by atoms with Gasteiger partial charge in [0.05, 0.1) is 45.2 Å². The predicted octanol–water partition coefficient (Wildman–Crippen LogP) is 7.90. The molecule has 0 spiro atoms. The van der Waals surface area contributed by atoms with E-state index in [0.29, 0.717) is 11.4 Å². The van der Waals surface area contributed by atoms with Crippen LogP contribution in [0, 0.1) is 13.8 Å². The second-order valence-corrected chi connectivity index (χ2v) is 10.5. The summed E-state index contributed by atoms with van der Waals surface area (Å²) in [5.41, 5.74) is 32.3. The molecule has 3 aromatic heterocycles. The fourth-order valence-corrected chi connectivity index (χ4v) is 6.39. The monoisotopic (exact) mass is 508 g/mol. The number of anilines is 2. The zero-order valence-electron chi connectivity index (χ0n) is 24.0. The number of fused-ring (bicyclic) bond motifs is 8. The molecule has 0 radical (unpaired) electrons. The number of nitrogens with two attached hydrogens (primary N) is 2. The minimum absolute atomic E-state index is 0.690. The molecule has 6 nitrogen and oxygen atoms in total. The average Bonchev–Trinajstić information content (AvgIpc) is 3.59. The van der Waals surface area contributed by atoms with E-state index in [1.165, 1.54) is 22.3 Å². The maximum Gasteiger partial charge on any atom is 0.0920 e. The number of rotatable bonds is 4. The van der Waals surface area contributed by atoms with Gasteiger partial charge in [0.1, 0.15) is 0 Å². The molecule has 38 heavy (non-hydrogen) atoms. The molecular weight excluding hydrogens is 468 g/mol. The number of aryl methyl sites for hydroxylation is 4. The molecule has 198 valence electrons. The standard InChI is InChI=1S/C32H40N6/c1-9-19-15(5)29-27(33)30-17(7)21(11-3)25(37-30)14-26-22(12-4)18(8)32(38-26)28(34)31-16(6)20(10-2)24(36-31)13-23(19)35-29/h13-14,35,38H,9-12,33-34H2,1-8H3. The lowest BCUT2D eigenvalue weighted by Gasteiger charge is -2.02. The quantitative estimate of drug-likeness (QED) is 0.287. The topological polar surface area (TPSA) is 109 Å². The Morgan fingerprint density at radius 1 is 0.605 bits per heavy atom. The first-order valence-electron chi connectivity index (χ1n) is 13.9. The Balaban J connectivity index is 2.07. The molecule has 6 heteroatoms. The first-order valence-corrected chi connectivity index (χ1v) is 13.9. The van der Waals surface area contributed by atoms with Crippen molar-refractivity contribution in [3.63, 3.8) is 0 Å². The van der Waals surface area contributed by atoms with Crippen LogP contribution in [0.4, 0.5) is 11.4 Å². The molecule has 0 unspecified atom stereocenters. The number of nitrogens with one attached hydrogen (secondary N) is 2. The maximum absolute atomic E-state index is 6.90. The van der Waals surface area contributed by atoms with Crippen molar-refractivity contribution in [3.8, 4) is 0 Å². The highest BCUT2D eigenvalue weighted by Crippen LogP contribution is 2.40. The van der Waals surface area contributed by atoms with E-state index in [0.717, 1.165) is 92.8 Å². The van der Waals surface area contributed by atoms with Gasteiger partial charge >= 0.3 is 0 Å². The van der Waals surface area contributed by atoms with Gasteiger partial charge in [-0.3, -0.25) is 0 Å². The van der Waals surface area contributed by atoms with Crippen LogP contribution in [0.3, 0.4) is 0 Å². The van der Waals surface area contributed by atoms with Crippen molar-refractivity contribution in [1.82, 2.24) is 19.9 Å². The molecule has 0 saturated carbocycles. The summed E-state index contributed by atoms with van der Waals surface area (Å²) in [5, 5.41) is 0. The molecule has 0 aliphatic carbocycles. The largest absolute Gasteiger partial charge is 0.395 e. The number of allylic oxidation sites excluding steroid dienone is 4. The van der Waals surface area contributed by atoms with Crippen LogP contribution >= 0.6 is 0 Å². The molecule has 3 aromatic rings. The van der Waals surface area contributed by atoms with E-state index in [1.807, 2.05) is 0 Å². The summed E-state index contributed by atoms with van der Waals surface area (Å²) >= 11 is 0. The Morgan fingerprint density at radius 3 is 1.29 bits per heavy atom. The number of aromatic amines is 2. The average molecular weight is 509 g/mol. The van der Waals surface area contributed by atoms with Gasteiger partial charge in [0.25, 0.3) is 0 Å². The number of aromatic nitrogens is 4. The van der Waals surface area contributed by atoms with Gasteiger partial charge in [-0.2, -0.15) is 0 Å². The number of nitrogens with zero attached hydrogens (tertiary/aromatic N) is 2. The summed E-state index contributed by atoms with van der Waals surface area (Å²) in [6.07, 6.45) is 3.53. The summed E-state index contributed by atoms with van der Waals surface area (Å²) in [4.78, 5) is 17.5. The molecule has 0 aromatic carbocycles. The normalized spacial score (nSPS) is 13.7. The lowest BCUT2D eigenvalue weighted by atomic mass is 10.0. The molecular formula is C32H40N6. The van der Waals surface area contributed by atoms with E-state index < -0.39 is 0 Å². The van der Waals surface area contributed by atoms with Gasteiger partial charge < -0.3 is 21.4 Å². The Morgan fingerprint density at radius 2 is 0.974 bits per heavy atom. The molecule has 2 aliphatic rings. The SMILES string of the molecule is CCC1=C(C)c2nc1cc1[nH]c(c(C)c1CC)c(N)c1nc(cc3[nH]c(c(C)c3CC)c2N)C(CC)=C1C. The van der Waals surface area contributed by atoms with Crippen LogP contribution in [-0.2, 0) is 12.8 Å². The highest BCUT2D eigenvalue weighted by atomic mass is 14.8. The van der Waals surface area contributed by atoms with Gasteiger partial charge in [-0.05, 0) is 110 Å². The van der Waals surface area contributed by atoms with Crippen LogP contribution in [0.2, 0.25) is 0 Å². The van der Waals surface area contributed by atoms with Crippen molar-refractivity contribution < 1.29 is 0 Å². The summed E-state index contributed by atoms with van der Waals surface area (Å²) in [7, 11) is 0. The summed E-state index contributed by atoms with van der Waals surface area (Å²) < 4.78 is 0. The lowest BCUT2D eigenvalue weighted by molar-refractivity contribution is 1.14. The van der Waals surface area contributed by atoms with E-state index in [-0.39, 0.29) is 0 Å². The van der Waals surface area contributed by atoms with E-state index in [4.69, 9.17) is 21.4 Å². The van der Waals surface area contributed by atoms with Gasteiger partial charge in [-0.1, -0.05) is 27.7 Å². The first kappa shape index (κ1) is 25.8. The second kappa shape index (κ2) is 9.50. The fraction of sp³-hybridized carbons (Fsp3) is 0.375. The van der Waals surface area contributed by atoms with Gasteiger partial charge in [0.2, 0.25) is 0 Å². The van der Waals surface area contributed by atoms with Crippen molar-refractivity contribution in [1.29, 1.82) is 0 Å². The minimum Gasteiger partial charge on any atom is -0.395 e. The molecule has 8 bridgehead atoms. The summed E-state index contributed by atoms with van der Waals surface area (Å²) in [6, 6.07) is 4.34. The van der Waals surface area contributed by atoms with Crippen LogP contribution in [0.25, 0.3) is 44.4 Å². The third-order valence-electron chi connectivity index (χ3n) is 8.55. The number of hydrogen-bond acceptors (Lipinski definition) is 4. The van der Waals surface area contributed by atoms with Crippen molar-refractivity contribution in [2.45, 2.75) is 81.1 Å². The molecule has 0 atom stereocenters. The molecule has 5 rings (SSSR count). The minimum atomic E-state index is 0.690. The van der Waals surface area contributed by atoms with Crippen LogP contribution in [0.5, 0.6) is 0 Å². The van der Waals surface area contributed by atoms with Gasteiger partial charge in [0.15, 0.2) is 0 Å². The number of hydrogen-bond donors (Lipinski definition) is 4. The third-order valence-corrected chi connectivity index (χ3v) is 8.55. The van der Waals surface area contributed by atoms with Crippen molar-refractivity contribution in [2.75, 3.05) is 11.5 Å². The van der Waals surface area contributed by atoms with Crippen molar-refractivity contribution in [3.05, 3.63) is 57.2 Å². The second-order valence-electron chi connectivity index (χ2n) is 10.5. The van der Waals surface area contributed by atoms with Crippen LogP contribution in [-0.4, -0.2) is 19.9 Å². The molecule has 0 fully saturated rings. The molecule has 0 saturated heterocycles. The highest BCUT2D eigenvalue weighted by Gasteiger charge is 2.23. The predicted molar refractivity (Wildman–Crippen MR) is 164 cm³/mol. The van der Waals surface area contributed by atoms with Gasteiger partial charge in [0, 0.05) is 11.0 Å². The molecule has 6 N–H and O–H groups in total. The number of nitrogen functional groups attached to an aromatic ring is 2. The van der Waals surface area contributed by atoms with Gasteiger partial charge in [-0.25, -0.2) is 9.97 Å². The van der Waals surface area contributed by atoms with Crippen LogP contribution in [0.15, 0.2) is 12.1 Å². The van der Waals surface area contributed by atoms with Crippen molar-refractivity contribution in [2.24, 2.45) is 0 Å². The highest BCUT2D eigenvalue weighted by molar-refractivity contribution is 6.00. The van der Waals surface area contributed by atoms with Crippen molar-refractivity contribution >= 4 is 55.7 Å². The van der Waals surface area contributed by atoms with E-state index in [2.05, 4.69) is 77.5 Å². The Kier molecular flexibility index (Phi) is 6.46. The maximum atomic E-state index is 6.90. The lowest BCUT2D eigenvalue weighted by Crippen LogP contribution is -1.93. The van der Waals surface area contributed by atoms with Crippen LogP contribution < -0.4 is 11.5 Å². The Hall–Kier alpha value is -3.80. The van der Waals surface area contributed by atoms with E-state index in [1.54, 1.807) is 0 Å². The molecule has 5 heterocycles. The third kappa shape index (κ3) is 3.69. The Labute approximate surface area is 225 Å².